The molecule has 1 fully saturated rings. The minimum absolute atomic E-state index is 0.872. The third-order valence-electron chi connectivity index (χ3n) is 3.84. The molecule has 1 heterocycles. The summed E-state index contributed by atoms with van der Waals surface area (Å²) in [7, 11) is 1.69. The Morgan fingerprint density at radius 1 is 1.30 bits per heavy atom. The van der Waals surface area contributed by atoms with Gasteiger partial charge < -0.3 is 14.6 Å². The van der Waals surface area contributed by atoms with Crippen LogP contribution in [0.25, 0.3) is 0 Å². The van der Waals surface area contributed by atoms with E-state index in [1.165, 1.54) is 24.9 Å². The van der Waals surface area contributed by atoms with Gasteiger partial charge in [-0.1, -0.05) is 12.1 Å². The van der Waals surface area contributed by atoms with E-state index < -0.39 is 0 Å². The Kier molecular flexibility index (Phi) is 4.02. The SMILES string of the molecule is COc1ccc(Cn2ccnc2C[NH2+]CC2CC2)cc1. The molecule has 1 aromatic carbocycles. The van der Waals surface area contributed by atoms with E-state index in [0.29, 0.717) is 0 Å². The van der Waals surface area contributed by atoms with Gasteiger partial charge in [-0.2, -0.15) is 0 Å². The van der Waals surface area contributed by atoms with Gasteiger partial charge in [-0.25, -0.2) is 4.98 Å². The maximum Gasteiger partial charge on any atom is 0.164 e. The van der Waals surface area contributed by atoms with Crippen molar-refractivity contribution in [3.05, 3.63) is 48.0 Å². The zero-order valence-electron chi connectivity index (χ0n) is 12.0. The summed E-state index contributed by atoms with van der Waals surface area (Å²) < 4.78 is 7.41. The van der Waals surface area contributed by atoms with Crippen LogP contribution in [0, 0.1) is 5.92 Å². The van der Waals surface area contributed by atoms with Crippen LogP contribution in [-0.2, 0) is 13.1 Å². The van der Waals surface area contributed by atoms with E-state index in [4.69, 9.17) is 4.74 Å². The molecule has 0 bridgehead atoms. The van der Waals surface area contributed by atoms with Gasteiger partial charge in [0.2, 0.25) is 0 Å². The first kappa shape index (κ1) is 13.2. The Balaban J connectivity index is 1.59. The number of methoxy groups -OCH3 is 1. The molecule has 0 atom stereocenters. The molecule has 0 aliphatic heterocycles. The van der Waals surface area contributed by atoms with Crippen molar-refractivity contribution in [3.8, 4) is 5.75 Å². The van der Waals surface area contributed by atoms with Gasteiger partial charge in [0.05, 0.1) is 13.7 Å². The number of rotatable bonds is 7. The van der Waals surface area contributed by atoms with Crippen LogP contribution in [0.1, 0.15) is 24.2 Å². The standard InChI is InChI=1S/C16H21N3O/c1-20-15-6-4-14(5-7-15)12-19-9-8-18-16(19)11-17-10-13-2-3-13/h4-9,13,17H,2-3,10-12H2,1H3/p+1. The minimum Gasteiger partial charge on any atom is -0.497 e. The molecule has 106 valence electrons. The number of aromatic nitrogens is 2. The van der Waals surface area contributed by atoms with Crippen LogP contribution >= 0.6 is 0 Å². The number of hydrogen-bond donors (Lipinski definition) is 1. The molecule has 1 aromatic heterocycles. The number of nitrogens with zero attached hydrogens (tertiary/aromatic N) is 2. The van der Waals surface area contributed by atoms with Crippen LogP contribution in [0.2, 0.25) is 0 Å². The largest absolute Gasteiger partial charge is 0.497 e. The van der Waals surface area contributed by atoms with Crippen molar-refractivity contribution in [1.29, 1.82) is 0 Å². The quantitative estimate of drug-likeness (QED) is 0.828. The van der Waals surface area contributed by atoms with E-state index in [1.807, 2.05) is 18.3 Å². The van der Waals surface area contributed by atoms with Gasteiger partial charge in [0, 0.05) is 24.9 Å². The lowest BCUT2D eigenvalue weighted by Gasteiger charge is -2.08. The summed E-state index contributed by atoms with van der Waals surface area (Å²) in [6.07, 6.45) is 6.78. The Hall–Kier alpha value is -1.81. The van der Waals surface area contributed by atoms with E-state index in [1.54, 1.807) is 7.11 Å². The van der Waals surface area contributed by atoms with Crippen LogP contribution in [0.5, 0.6) is 5.75 Å². The van der Waals surface area contributed by atoms with Gasteiger partial charge in [0.1, 0.15) is 12.3 Å². The van der Waals surface area contributed by atoms with Gasteiger partial charge in [-0.15, -0.1) is 0 Å². The fourth-order valence-electron chi connectivity index (χ4n) is 2.40. The number of quaternary nitrogens is 1. The summed E-state index contributed by atoms with van der Waals surface area (Å²) in [5.41, 5.74) is 1.27. The fourth-order valence-corrected chi connectivity index (χ4v) is 2.40. The molecule has 0 unspecified atom stereocenters. The van der Waals surface area contributed by atoms with E-state index in [2.05, 4.69) is 33.2 Å². The maximum absolute atomic E-state index is 5.19. The third-order valence-corrected chi connectivity index (χ3v) is 3.84. The van der Waals surface area contributed by atoms with Crippen molar-refractivity contribution in [1.82, 2.24) is 9.55 Å². The second-order valence-electron chi connectivity index (χ2n) is 5.49. The van der Waals surface area contributed by atoms with Crippen molar-refractivity contribution in [2.45, 2.75) is 25.9 Å². The molecule has 20 heavy (non-hydrogen) atoms. The van der Waals surface area contributed by atoms with Gasteiger partial charge >= 0.3 is 0 Å². The lowest BCUT2D eigenvalue weighted by atomic mass is 10.2. The summed E-state index contributed by atoms with van der Waals surface area (Å²) in [5.74, 6) is 3.01. The van der Waals surface area contributed by atoms with Crippen LogP contribution < -0.4 is 10.1 Å². The molecular weight excluding hydrogens is 250 g/mol. The Bertz CT molecular complexity index is 543. The molecule has 0 radical (unpaired) electrons. The zero-order chi connectivity index (χ0) is 13.8. The first-order valence-electron chi connectivity index (χ1n) is 7.30. The van der Waals surface area contributed by atoms with Crippen molar-refractivity contribution in [2.24, 2.45) is 5.92 Å². The molecule has 2 N–H and O–H groups in total. The second-order valence-corrected chi connectivity index (χ2v) is 5.49. The molecule has 0 amide bonds. The highest BCUT2D eigenvalue weighted by atomic mass is 16.5. The lowest BCUT2D eigenvalue weighted by molar-refractivity contribution is -0.674. The highest BCUT2D eigenvalue weighted by molar-refractivity contribution is 5.27. The molecule has 0 saturated heterocycles. The average molecular weight is 272 g/mol. The number of imidazole rings is 1. The van der Waals surface area contributed by atoms with E-state index in [9.17, 15) is 0 Å². The van der Waals surface area contributed by atoms with Gasteiger partial charge in [0.15, 0.2) is 5.82 Å². The predicted octanol–water partition coefficient (Wildman–Crippen LogP) is 1.41. The maximum atomic E-state index is 5.19. The van der Waals surface area contributed by atoms with Crippen molar-refractivity contribution < 1.29 is 10.1 Å². The monoisotopic (exact) mass is 272 g/mol. The highest BCUT2D eigenvalue weighted by Gasteiger charge is 2.23. The average Bonchev–Trinajstić information content (AvgIpc) is 3.20. The number of hydrogen-bond acceptors (Lipinski definition) is 2. The molecular formula is C16H22N3O+. The molecule has 2 aromatic rings. The van der Waals surface area contributed by atoms with E-state index in [-0.39, 0.29) is 0 Å². The van der Waals surface area contributed by atoms with Crippen LogP contribution in [0.4, 0.5) is 0 Å². The number of benzene rings is 1. The van der Waals surface area contributed by atoms with Crippen molar-refractivity contribution >= 4 is 0 Å². The molecule has 3 rings (SSSR count). The summed E-state index contributed by atoms with van der Waals surface area (Å²) in [5, 5.41) is 2.38. The summed E-state index contributed by atoms with van der Waals surface area (Å²) in [6.45, 7) is 3.09. The Morgan fingerprint density at radius 3 is 2.80 bits per heavy atom. The smallest absolute Gasteiger partial charge is 0.164 e. The van der Waals surface area contributed by atoms with E-state index >= 15 is 0 Å². The molecule has 1 aliphatic rings. The first-order chi connectivity index (χ1) is 9.85. The lowest BCUT2D eigenvalue weighted by Crippen LogP contribution is -2.83. The van der Waals surface area contributed by atoms with Gasteiger partial charge in [-0.05, 0) is 30.5 Å². The van der Waals surface area contributed by atoms with Crippen LogP contribution in [0.3, 0.4) is 0 Å². The van der Waals surface area contributed by atoms with Crippen molar-refractivity contribution in [3.63, 3.8) is 0 Å². The van der Waals surface area contributed by atoms with Gasteiger partial charge in [0.25, 0.3) is 0 Å². The first-order valence-corrected chi connectivity index (χ1v) is 7.30. The third kappa shape index (κ3) is 3.39. The zero-order valence-corrected chi connectivity index (χ0v) is 12.0. The highest BCUT2D eigenvalue weighted by Crippen LogP contribution is 2.26. The number of ether oxygens (including phenoxy) is 1. The Morgan fingerprint density at radius 2 is 2.10 bits per heavy atom. The Labute approximate surface area is 119 Å². The second kappa shape index (κ2) is 6.09. The van der Waals surface area contributed by atoms with Gasteiger partial charge in [-0.3, -0.25) is 0 Å². The summed E-state index contributed by atoms with van der Waals surface area (Å²) in [6, 6.07) is 8.23. The van der Waals surface area contributed by atoms with Crippen LogP contribution in [-0.4, -0.2) is 23.2 Å². The van der Waals surface area contributed by atoms with Crippen molar-refractivity contribution in [2.75, 3.05) is 13.7 Å². The van der Waals surface area contributed by atoms with Crippen LogP contribution in [0.15, 0.2) is 36.7 Å². The van der Waals surface area contributed by atoms with E-state index in [0.717, 1.165) is 30.6 Å². The number of nitrogens with two attached hydrogens (primary N) is 1. The molecule has 1 aliphatic carbocycles. The molecule has 0 spiro atoms. The summed E-state index contributed by atoms with van der Waals surface area (Å²) in [4.78, 5) is 4.47. The molecule has 4 nitrogen and oxygen atoms in total. The minimum atomic E-state index is 0.872. The molecule has 4 heteroatoms. The normalized spacial score (nSPS) is 14.4. The topological polar surface area (TPSA) is 43.7 Å². The fraction of sp³-hybridized carbons (Fsp3) is 0.438. The predicted molar refractivity (Wildman–Crippen MR) is 77.5 cm³/mol. The molecule has 1 saturated carbocycles. The summed E-state index contributed by atoms with van der Waals surface area (Å²) >= 11 is 0.